The summed E-state index contributed by atoms with van der Waals surface area (Å²) < 4.78 is 6.32. The van der Waals surface area contributed by atoms with E-state index < -0.39 is 0 Å². The molecule has 4 heteroatoms. The van der Waals surface area contributed by atoms with Gasteiger partial charge in [-0.05, 0) is 58.2 Å². The van der Waals surface area contributed by atoms with Gasteiger partial charge in [0.2, 0.25) is 0 Å². The van der Waals surface area contributed by atoms with Gasteiger partial charge in [0.15, 0.2) is 0 Å². The van der Waals surface area contributed by atoms with Gasteiger partial charge in [-0.25, -0.2) is 0 Å². The zero-order valence-corrected chi connectivity index (χ0v) is 14.2. The molecular weight excluding hydrogens is 328 g/mol. The van der Waals surface area contributed by atoms with Crippen LogP contribution >= 0.6 is 15.9 Å². The Morgan fingerprint density at radius 1 is 1.24 bits per heavy atom. The summed E-state index contributed by atoms with van der Waals surface area (Å²) in [7, 11) is 3.76. The number of halogens is 1. The van der Waals surface area contributed by atoms with Crippen LogP contribution in [-0.2, 0) is 6.54 Å². The SMILES string of the molecule is COc1cccc(CN(C)c2ccc(C(C)N)cc2Br)c1. The van der Waals surface area contributed by atoms with Crippen LogP contribution in [0.1, 0.15) is 24.1 Å². The lowest BCUT2D eigenvalue weighted by molar-refractivity contribution is 0.414. The van der Waals surface area contributed by atoms with Gasteiger partial charge in [-0.1, -0.05) is 18.2 Å². The molecule has 2 aromatic carbocycles. The van der Waals surface area contributed by atoms with Crippen molar-refractivity contribution in [2.45, 2.75) is 19.5 Å². The third-order valence-electron chi connectivity index (χ3n) is 3.46. The van der Waals surface area contributed by atoms with Crippen LogP contribution in [-0.4, -0.2) is 14.2 Å². The molecule has 2 N–H and O–H groups in total. The van der Waals surface area contributed by atoms with Crippen LogP contribution in [0.3, 0.4) is 0 Å². The lowest BCUT2D eigenvalue weighted by Crippen LogP contribution is -2.17. The van der Waals surface area contributed by atoms with Crippen molar-refractivity contribution in [2.75, 3.05) is 19.1 Å². The fraction of sp³-hybridized carbons (Fsp3) is 0.294. The molecule has 2 aromatic rings. The Labute approximate surface area is 134 Å². The summed E-state index contributed by atoms with van der Waals surface area (Å²) in [6.45, 7) is 2.80. The number of nitrogens with zero attached hydrogens (tertiary/aromatic N) is 1. The normalized spacial score (nSPS) is 12.0. The summed E-state index contributed by atoms with van der Waals surface area (Å²) in [6, 6.07) is 14.4. The molecule has 0 radical (unpaired) electrons. The van der Waals surface area contributed by atoms with Gasteiger partial charge in [-0.15, -0.1) is 0 Å². The zero-order chi connectivity index (χ0) is 15.4. The topological polar surface area (TPSA) is 38.5 Å². The van der Waals surface area contributed by atoms with Crippen molar-refractivity contribution >= 4 is 21.6 Å². The quantitative estimate of drug-likeness (QED) is 0.883. The minimum absolute atomic E-state index is 0.0408. The van der Waals surface area contributed by atoms with Crippen molar-refractivity contribution in [1.29, 1.82) is 0 Å². The Morgan fingerprint density at radius 3 is 2.62 bits per heavy atom. The molecule has 0 aliphatic heterocycles. The summed E-state index contributed by atoms with van der Waals surface area (Å²) >= 11 is 3.64. The van der Waals surface area contributed by atoms with E-state index in [2.05, 4.69) is 58.2 Å². The van der Waals surface area contributed by atoms with Crippen LogP contribution in [0.2, 0.25) is 0 Å². The van der Waals surface area contributed by atoms with E-state index in [4.69, 9.17) is 10.5 Å². The average molecular weight is 349 g/mol. The molecule has 0 amide bonds. The molecule has 0 heterocycles. The maximum absolute atomic E-state index is 5.92. The highest BCUT2D eigenvalue weighted by molar-refractivity contribution is 9.10. The van der Waals surface area contributed by atoms with E-state index >= 15 is 0 Å². The lowest BCUT2D eigenvalue weighted by atomic mass is 10.1. The first-order valence-corrected chi connectivity index (χ1v) is 7.69. The highest BCUT2D eigenvalue weighted by Gasteiger charge is 2.09. The second-order valence-corrected chi connectivity index (χ2v) is 6.06. The van der Waals surface area contributed by atoms with Crippen molar-refractivity contribution < 1.29 is 4.74 Å². The predicted octanol–water partition coefficient (Wildman–Crippen LogP) is 4.11. The number of rotatable bonds is 5. The fourth-order valence-electron chi connectivity index (χ4n) is 2.25. The summed E-state index contributed by atoms with van der Waals surface area (Å²) in [5, 5.41) is 0. The minimum Gasteiger partial charge on any atom is -0.497 e. The molecule has 0 aliphatic rings. The summed E-state index contributed by atoms with van der Waals surface area (Å²) in [5.41, 5.74) is 9.39. The molecule has 0 spiro atoms. The first kappa shape index (κ1) is 15.9. The number of methoxy groups -OCH3 is 1. The minimum atomic E-state index is 0.0408. The maximum Gasteiger partial charge on any atom is 0.119 e. The van der Waals surface area contributed by atoms with Gasteiger partial charge in [0.25, 0.3) is 0 Å². The van der Waals surface area contributed by atoms with Gasteiger partial charge in [-0.2, -0.15) is 0 Å². The Balaban J connectivity index is 2.18. The van der Waals surface area contributed by atoms with Crippen LogP contribution in [0.15, 0.2) is 46.9 Å². The van der Waals surface area contributed by atoms with Gasteiger partial charge in [-0.3, -0.25) is 0 Å². The van der Waals surface area contributed by atoms with Crippen LogP contribution in [0, 0.1) is 0 Å². The Hall–Kier alpha value is -1.52. The molecule has 0 aromatic heterocycles. The number of hydrogen-bond acceptors (Lipinski definition) is 3. The molecule has 0 bridgehead atoms. The molecule has 3 nitrogen and oxygen atoms in total. The van der Waals surface area contributed by atoms with Crippen molar-refractivity contribution in [3.63, 3.8) is 0 Å². The monoisotopic (exact) mass is 348 g/mol. The number of hydrogen-bond donors (Lipinski definition) is 1. The summed E-state index contributed by atoms with van der Waals surface area (Å²) in [4.78, 5) is 2.20. The standard InChI is InChI=1S/C17H21BrN2O/c1-12(19)14-7-8-17(16(18)10-14)20(2)11-13-5-4-6-15(9-13)21-3/h4-10,12H,11,19H2,1-3H3. The average Bonchev–Trinajstić information content (AvgIpc) is 2.47. The van der Waals surface area contributed by atoms with Crippen LogP contribution in [0.4, 0.5) is 5.69 Å². The summed E-state index contributed by atoms with van der Waals surface area (Å²) in [6.07, 6.45) is 0. The van der Waals surface area contributed by atoms with E-state index in [9.17, 15) is 0 Å². The Kier molecular flexibility index (Phi) is 5.26. The molecule has 0 saturated carbocycles. The maximum atomic E-state index is 5.92. The Bertz CT molecular complexity index is 613. The molecule has 112 valence electrons. The smallest absolute Gasteiger partial charge is 0.119 e. The molecule has 0 fully saturated rings. The van der Waals surface area contributed by atoms with Crippen molar-refractivity contribution in [3.05, 3.63) is 58.1 Å². The molecular formula is C17H21BrN2O. The number of ether oxygens (including phenoxy) is 1. The third-order valence-corrected chi connectivity index (χ3v) is 4.10. The molecule has 1 atom stereocenters. The third kappa shape index (κ3) is 3.99. The highest BCUT2D eigenvalue weighted by Crippen LogP contribution is 2.29. The number of nitrogens with two attached hydrogens (primary N) is 1. The molecule has 0 saturated heterocycles. The van der Waals surface area contributed by atoms with E-state index in [-0.39, 0.29) is 6.04 Å². The van der Waals surface area contributed by atoms with E-state index in [1.807, 2.05) is 19.1 Å². The van der Waals surface area contributed by atoms with E-state index in [0.717, 1.165) is 28.0 Å². The fourth-order valence-corrected chi connectivity index (χ4v) is 2.94. The molecule has 2 rings (SSSR count). The second kappa shape index (κ2) is 6.96. The van der Waals surface area contributed by atoms with Gasteiger partial charge >= 0.3 is 0 Å². The van der Waals surface area contributed by atoms with E-state index in [1.165, 1.54) is 5.56 Å². The summed E-state index contributed by atoms with van der Waals surface area (Å²) in [5.74, 6) is 0.882. The number of anilines is 1. The van der Waals surface area contributed by atoms with Crippen LogP contribution in [0.5, 0.6) is 5.75 Å². The molecule has 0 aliphatic carbocycles. The molecule has 1 unspecified atom stereocenters. The van der Waals surface area contributed by atoms with Gasteiger partial charge in [0, 0.05) is 24.1 Å². The van der Waals surface area contributed by atoms with Gasteiger partial charge in [0.1, 0.15) is 5.75 Å². The first-order chi connectivity index (χ1) is 10.0. The van der Waals surface area contributed by atoms with Crippen LogP contribution < -0.4 is 15.4 Å². The van der Waals surface area contributed by atoms with Crippen LogP contribution in [0.25, 0.3) is 0 Å². The van der Waals surface area contributed by atoms with Gasteiger partial charge in [0.05, 0.1) is 12.8 Å². The first-order valence-electron chi connectivity index (χ1n) is 6.90. The van der Waals surface area contributed by atoms with E-state index in [0.29, 0.717) is 0 Å². The second-order valence-electron chi connectivity index (χ2n) is 5.21. The van der Waals surface area contributed by atoms with Crippen molar-refractivity contribution in [3.8, 4) is 5.75 Å². The van der Waals surface area contributed by atoms with Gasteiger partial charge < -0.3 is 15.4 Å². The van der Waals surface area contributed by atoms with Crippen molar-refractivity contribution in [1.82, 2.24) is 0 Å². The van der Waals surface area contributed by atoms with E-state index in [1.54, 1.807) is 7.11 Å². The number of benzene rings is 2. The molecule has 21 heavy (non-hydrogen) atoms. The largest absolute Gasteiger partial charge is 0.497 e. The Morgan fingerprint density at radius 2 is 2.00 bits per heavy atom. The highest BCUT2D eigenvalue weighted by atomic mass is 79.9. The zero-order valence-electron chi connectivity index (χ0n) is 12.6. The lowest BCUT2D eigenvalue weighted by Gasteiger charge is -2.22. The predicted molar refractivity (Wildman–Crippen MR) is 91.8 cm³/mol. The van der Waals surface area contributed by atoms with Crippen molar-refractivity contribution in [2.24, 2.45) is 5.73 Å².